The van der Waals surface area contributed by atoms with Gasteiger partial charge in [0.2, 0.25) is 5.91 Å². The molecule has 0 atom stereocenters. The second-order valence-electron chi connectivity index (χ2n) is 6.35. The molecule has 0 saturated carbocycles. The van der Waals surface area contributed by atoms with Crippen molar-refractivity contribution in [3.63, 3.8) is 0 Å². The first-order chi connectivity index (χ1) is 14.0. The Balaban J connectivity index is 1.51. The number of fused-ring (bicyclic) bond motifs is 1. The monoisotopic (exact) mass is 409 g/mol. The van der Waals surface area contributed by atoms with Gasteiger partial charge in [-0.25, -0.2) is 9.78 Å². The number of carbonyl (C=O) groups excluding carboxylic acids is 1. The van der Waals surface area contributed by atoms with Crippen LogP contribution >= 0.6 is 11.3 Å². The molecule has 0 aliphatic heterocycles. The highest BCUT2D eigenvalue weighted by molar-refractivity contribution is 7.16. The zero-order valence-corrected chi connectivity index (χ0v) is 16.8. The molecule has 1 amide bonds. The molecule has 0 unspecified atom stereocenters. The number of hydrogen-bond donors (Lipinski definition) is 1. The lowest BCUT2D eigenvalue weighted by molar-refractivity contribution is -0.116. The summed E-state index contributed by atoms with van der Waals surface area (Å²) in [5.74, 6) is -0.104. The third-order valence-corrected chi connectivity index (χ3v) is 5.24. The van der Waals surface area contributed by atoms with Crippen molar-refractivity contribution in [1.82, 2.24) is 9.55 Å². The van der Waals surface area contributed by atoms with Gasteiger partial charge in [0, 0.05) is 10.4 Å². The topological polar surface area (TPSA) is 86.4 Å². The Labute approximate surface area is 170 Å². The summed E-state index contributed by atoms with van der Waals surface area (Å²) in [6, 6.07) is 14.7. The summed E-state index contributed by atoms with van der Waals surface area (Å²) in [4.78, 5) is 30.1. The van der Waals surface area contributed by atoms with Crippen LogP contribution in [-0.2, 0) is 11.3 Å². The molecule has 4 rings (SSSR count). The molecule has 148 valence electrons. The molecule has 2 aromatic heterocycles. The first-order valence-corrected chi connectivity index (χ1v) is 9.95. The molecular weight excluding hydrogens is 390 g/mol. The van der Waals surface area contributed by atoms with Crippen LogP contribution in [0.1, 0.15) is 11.8 Å². The highest BCUT2D eigenvalue weighted by atomic mass is 32.1. The van der Waals surface area contributed by atoms with Crippen molar-refractivity contribution in [2.75, 3.05) is 11.9 Å². The number of oxazole rings is 1. The Morgan fingerprint density at radius 3 is 2.72 bits per heavy atom. The molecule has 0 aliphatic carbocycles. The van der Waals surface area contributed by atoms with E-state index in [2.05, 4.69) is 10.3 Å². The molecule has 7 nitrogen and oxygen atoms in total. The van der Waals surface area contributed by atoms with Crippen LogP contribution in [0.2, 0.25) is 0 Å². The van der Waals surface area contributed by atoms with Gasteiger partial charge < -0.3 is 14.5 Å². The summed E-state index contributed by atoms with van der Waals surface area (Å²) in [5.41, 5.74) is 2.78. The fraction of sp³-hybridized carbons (Fsp3) is 0.190. The van der Waals surface area contributed by atoms with Crippen LogP contribution in [0.5, 0.6) is 5.75 Å². The summed E-state index contributed by atoms with van der Waals surface area (Å²) in [6.45, 7) is 4.36. The summed E-state index contributed by atoms with van der Waals surface area (Å²) in [7, 11) is 0. The van der Waals surface area contributed by atoms with Gasteiger partial charge in [-0.3, -0.25) is 9.36 Å². The maximum Gasteiger partial charge on any atom is 0.420 e. The zero-order valence-electron chi connectivity index (χ0n) is 16.0. The Morgan fingerprint density at radius 1 is 1.21 bits per heavy atom. The van der Waals surface area contributed by atoms with Crippen LogP contribution in [-0.4, -0.2) is 22.1 Å². The second-order valence-corrected chi connectivity index (χ2v) is 7.55. The number of rotatable bonds is 6. The Kier molecular flexibility index (Phi) is 5.18. The van der Waals surface area contributed by atoms with Crippen molar-refractivity contribution >= 4 is 33.5 Å². The minimum Gasteiger partial charge on any atom is -0.494 e. The van der Waals surface area contributed by atoms with Gasteiger partial charge in [0.15, 0.2) is 10.7 Å². The maximum absolute atomic E-state index is 12.5. The predicted octanol–water partition coefficient (Wildman–Crippen LogP) is 4.06. The van der Waals surface area contributed by atoms with E-state index >= 15 is 0 Å². The lowest BCUT2D eigenvalue weighted by atomic mass is 10.1. The number of para-hydroxylation sites is 2. The smallest absolute Gasteiger partial charge is 0.420 e. The molecule has 29 heavy (non-hydrogen) atoms. The van der Waals surface area contributed by atoms with E-state index in [-0.39, 0.29) is 12.5 Å². The Morgan fingerprint density at radius 2 is 1.97 bits per heavy atom. The standard InChI is InChI=1S/C21H19N3O4S/c1-3-27-15-10-8-14(9-11-15)19-13(2)29-20(23-19)22-18(25)12-24-16-6-4-5-7-17(16)28-21(24)26/h4-11H,3,12H2,1-2H3,(H,22,23,25). The van der Waals surface area contributed by atoms with Crippen LogP contribution in [0.4, 0.5) is 5.13 Å². The van der Waals surface area contributed by atoms with Crippen molar-refractivity contribution in [3.05, 3.63) is 64.0 Å². The molecule has 0 saturated heterocycles. The average molecular weight is 409 g/mol. The summed E-state index contributed by atoms with van der Waals surface area (Å²) < 4.78 is 11.9. The van der Waals surface area contributed by atoms with Crippen molar-refractivity contribution in [1.29, 1.82) is 0 Å². The van der Waals surface area contributed by atoms with E-state index in [1.807, 2.05) is 38.1 Å². The normalized spacial score (nSPS) is 11.0. The first-order valence-electron chi connectivity index (χ1n) is 9.14. The van der Waals surface area contributed by atoms with E-state index in [9.17, 15) is 9.59 Å². The van der Waals surface area contributed by atoms with E-state index in [1.54, 1.807) is 24.3 Å². The van der Waals surface area contributed by atoms with E-state index in [0.717, 1.165) is 21.9 Å². The van der Waals surface area contributed by atoms with E-state index in [1.165, 1.54) is 15.9 Å². The molecular formula is C21H19N3O4S. The molecule has 0 aliphatic rings. The number of ether oxygens (including phenoxy) is 1. The second kappa shape index (κ2) is 7.92. The molecule has 0 spiro atoms. The molecule has 0 fully saturated rings. The van der Waals surface area contributed by atoms with Gasteiger partial charge in [0.25, 0.3) is 0 Å². The summed E-state index contributed by atoms with van der Waals surface area (Å²) in [6.07, 6.45) is 0. The third-order valence-electron chi connectivity index (χ3n) is 4.36. The van der Waals surface area contributed by atoms with Crippen LogP contribution in [0.15, 0.2) is 57.7 Å². The SMILES string of the molecule is CCOc1ccc(-c2nc(NC(=O)Cn3c(=O)oc4ccccc43)sc2C)cc1. The lowest BCUT2D eigenvalue weighted by Crippen LogP contribution is -2.24. The van der Waals surface area contributed by atoms with Crippen LogP contribution in [0, 0.1) is 6.92 Å². The molecule has 0 radical (unpaired) electrons. The van der Waals surface area contributed by atoms with Gasteiger partial charge in [0.05, 0.1) is 17.8 Å². The number of nitrogens with zero attached hydrogens (tertiary/aromatic N) is 2. The van der Waals surface area contributed by atoms with E-state index in [4.69, 9.17) is 9.15 Å². The number of anilines is 1. The first kappa shape index (κ1) is 18.9. The molecule has 8 heteroatoms. The van der Waals surface area contributed by atoms with Gasteiger partial charge in [-0.05, 0) is 50.2 Å². The number of thiazole rings is 1. The number of hydrogen-bond acceptors (Lipinski definition) is 6. The third kappa shape index (κ3) is 3.93. The van der Waals surface area contributed by atoms with Crippen molar-refractivity contribution in [2.45, 2.75) is 20.4 Å². The van der Waals surface area contributed by atoms with Crippen molar-refractivity contribution < 1.29 is 13.9 Å². The molecule has 1 N–H and O–H groups in total. The number of carbonyl (C=O) groups is 1. The fourth-order valence-electron chi connectivity index (χ4n) is 3.06. The average Bonchev–Trinajstić information content (AvgIpc) is 3.22. The van der Waals surface area contributed by atoms with Gasteiger partial charge in [-0.2, -0.15) is 0 Å². The molecule has 4 aromatic rings. The van der Waals surface area contributed by atoms with Crippen molar-refractivity contribution in [3.8, 4) is 17.0 Å². The maximum atomic E-state index is 12.5. The lowest BCUT2D eigenvalue weighted by Gasteiger charge is -2.04. The van der Waals surface area contributed by atoms with Gasteiger partial charge in [-0.1, -0.05) is 12.1 Å². The predicted molar refractivity (Wildman–Crippen MR) is 113 cm³/mol. The van der Waals surface area contributed by atoms with E-state index in [0.29, 0.717) is 22.8 Å². The van der Waals surface area contributed by atoms with Crippen LogP contribution in [0.3, 0.4) is 0 Å². The largest absolute Gasteiger partial charge is 0.494 e. The minimum absolute atomic E-state index is 0.146. The number of amides is 1. The van der Waals surface area contributed by atoms with Crippen LogP contribution in [0.25, 0.3) is 22.4 Å². The minimum atomic E-state index is -0.563. The number of benzene rings is 2. The van der Waals surface area contributed by atoms with Crippen molar-refractivity contribution in [2.24, 2.45) is 0 Å². The van der Waals surface area contributed by atoms with Gasteiger partial charge >= 0.3 is 5.76 Å². The highest BCUT2D eigenvalue weighted by Gasteiger charge is 2.15. The Bertz CT molecular complexity index is 1220. The van der Waals surface area contributed by atoms with Crippen LogP contribution < -0.4 is 15.8 Å². The molecule has 0 bridgehead atoms. The molecule has 2 aromatic carbocycles. The van der Waals surface area contributed by atoms with Gasteiger partial charge in [0.1, 0.15) is 12.3 Å². The fourth-order valence-corrected chi connectivity index (χ4v) is 3.91. The zero-order chi connectivity index (χ0) is 20.4. The number of aryl methyl sites for hydroxylation is 1. The van der Waals surface area contributed by atoms with Gasteiger partial charge in [-0.15, -0.1) is 11.3 Å². The summed E-state index contributed by atoms with van der Waals surface area (Å²) in [5, 5.41) is 3.26. The number of nitrogens with one attached hydrogen (secondary N) is 1. The van der Waals surface area contributed by atoms with E-state index < -0.39 is 5.76 Å². The Hall–Kier alpha value is -3.39. The quantitative estimate of drug-likeness (QED) is 0.519. The molecule has 2 heterocycles. The summed E-state index contributed by atoms with van der Waals surface area (Å²) >= 11 is 1.39. The number of aromatic nitrogens is 2. The highest BCUT2D eigenvalue weighted by Crippen LogP contribution is 2.31.